The summed E-state index contributed by atoms with van der Waals surface area (Å²) in [6, 6.07) is 10.2. The number of nitrogens with one attached hydrogen (secondary N) is 2. The molecule has 2 heterocycles. The first-order chi connectivity index (χ1) is 9.78. The van der Waals surface area contributed by atoms with Crippen LogP contribution >= 0.6 is 0 Å². The lowest BCUT2D eigenvalue weighted by atomic mass is 10.0. The van der Waals surface area contributed by atoms with Gasteiger partial charge in [0, 0.05) is 24.4 Å². The Kier molecular flexibility index (Phi) is 3.16. The van der Waals surface area contributed by atoms with Crippen LogP contribution in [0.1, 0.15) is 0 Å². The molecule has 3 aromatic rings. The molecular formula is C15H13FN4. The van der Waals surface area contributed by atoms with E-state index in [-0.39, 0.29) is 5.82 Å². The van der Waals surface area contributed by atoms with Crippen molar-refractivity contribution in [1.82, 2.24) is 15.2 Å². The Morgan fingerprint density at radius 3 is 2.65 bits per heavy atom. The highest BCUT2D eigenvalue weighted by Crippen LogP contribution is 2.30. The Labute approximate surface area is 115 Å². The van der Waals surface area contributed by atoms with Crippen LogP contribution < -0.4 is 5.32 Å². The number of aromatic amines is 1. The van der Waals surface area contributed by atoms with Crippen LogP contribution in [0.3, 0.4) is 0 Å². The summed E-state index contributed by atoms with van der Waals surface area (Å²) >= 11 is 0. The van der Waals surface area contributed by atoms with Crippen molar-refractivity contribution in [2.24, 2.45) is 0 Å². The summed E-state index contributed by atoms with van der Waals surface area (Å²) in [6.07, 6.45) is 3.50. The van der Waals surface area contributed by atoms with Gasteiger partial charge < -0.3 is 5.32 Å². The first-order valence-electron chi connectivity index (χ1n) is 6.21. The largest absolute Gasteiger partial charge is 0.373 e. The molecule has 0 amide bonds. The van der Waals surface area contributed by atoms with Crippen molar-refractivity contribution in [3.63, 3.8) is 0 Å². The van der Waals surface area contributed by atoms with Gasteiger partial charge in [-0.15, -0.1) is 0 Å². The number of H-pyrrole nitrogens is 1. The van der Waals surface area contributed by atoms with E-state index in [4.69, 9.17) is 0 Å². The maximum Gasteiger partial charge on any atom is 0.126 e. The van der Waals surface area contributed by atoms with Crippen molar-refractivity contribution in [3.05, 3.63) is 54.6 Å². The molecule has 3 rings (SSSR count). The zero-order valence-corrected chi connectivity index (χ0v) is 10.9. The lowest BCUT2D eigenvalue weighted by molar-refractivity contribution is 0.628. The fourth-order valence-corrected chi connectivity index (χ4v) is 2.08. The SMILES string of the molecule is CNc1cc(-c2cn[nH]c2-c2ccc(F)cc2)ccn1. The van der Waals surface area contributed by atoms with Gasteiger partial charge in [-0.05, 0) is 42.0 Å². The van der Waals surface area contributed by atoms with E-state index < -0.39 is 0 Å². The predicted octanol–water partition coefficient (Wildman–Crippen LogP) is 3.32. The number of hydrogen-bond donors (Lipinski definition) is 2. The average molecular weight is 268 g/mol. The Balaban J connectivity index is 2.07. The Hall–Kier alpha value is -2.69. The molecule has 0 radical (unpaired) electrons. The highest BCUT2D eigenvalue weighted by molar-refractivity contribution is 5.81. The Bertz CT molecular complexity index is 719. The number of pyridine rings is 1. The average Bonchev–Trinajstić information content (AvgIpc) is 2.97. The summed E-state index contributed by atoms with van der Waals surface area (Å²) in [5.74, 6) is 0.532. The van der Waals surface area contributed by atoms with Crippen LogP contribution in [-0.2, 0) is 0 Å². The van der Waals surface area contributed by atoms with Gasteiger partial charge in [-0.1, -0.05) is 0 Å². The molecule has 0 aliphatic rings. The first-order valence-corrected chi connectivity index (χ1v) is 6.21. The molecule has 0 unspecified atom stereocenters. The third-order valence-electron chi connectivity index (χ3n) is 3.10. The van der Waals surface area contributed by atoms with E-state index in [1.165, 1.54) is 12.1 Å². The quantitative estimate of drug-likeness (QED) is 0.766. The van der Waals surface area contributed by atoms with Gasteiger partial charge in [0.15, 0.2) is 0 Å². The van der Waals surface area contributed by atoms with Crippen molar-refractivity contribution < 1.29 is 4.39 Å². The summed E-state index contributed by atoms with van der Waals surface area (Å²) in [6.45, 7) is 0. The van der Waals surface area contributed by atoms with Crippen LogP contribution in [0.4, 0.5) is 10.2 Å². The minimum atomic E-state index is -0.254. The van der Waals surface area contributed by atoms with E-state index in [9.17, 15) is 4.39 Å². The number of nitrogens with zero attached hydrogens (tertiary/aromatic N) is 2. The molecule has 0 bridgehead atoms. The van der Waals surface area contributed by atoms with Crippen molar-refractivity contribution in [1.29, 1.82) is 0 Å². The van der Waals surface area contributed by atoms with Gasteiger partial charge >= 0.3 is 0 Å². The van der Waals surface area contributed by atoms with Gasteiger partial charge in [0.25, 0.3) is 0 Å². The summed E-state index contributed by atoms with van der Waals surface area (Å²) < 4.78 is 13.0. The fraction of sp³-hybridized carbons (Fsp3) is 0.0667. The number of anilines is 1. The molecule has 2 aromatic heterocycles. The monoisotopic (exact) mass is 268 g/mol. The zero-order chi connectivity index (χ0) is 13.9. The first kappa shape index (κ1) is 12.3. The summed E-state index contributed by atoms with van der Waals surface area (Å²) in [5, 5.41) is 10.1. The van der Waals surface area contributed by atoms with Gasteiger partial charge in [-0.3, -0.25) is 5.10 Å². The number of rotatable bonds is 3. The van der Waals surface area contributed by atoms with Crippen LogP contribution in [0.15, 0.2) is 48.8 Å². The molecule has 20 heavy (non-hydrogen) atoms. The highest BCUT2D eigenvalue weighted by Gasteiger charge is 2.10. The topological polar surface area (TPSA) is 53.6 Å². The third-order valence-corrected chi connectivity index (χ3v) is 3.10. The van der Waals surface area contributed by atoms with E-state index in [0.717, 1.165) is 28.2 Å². The molecule has 0 fully saturated rings. The molecular weight excluding hydrogens is 255 g/mol. The molecule has 2 N–H and O–H groups in total. The van der Waals surface area contributed by atoms with Crippen molar-refractivity contribution in [2.75, 3.05) is 12.4 Å². The van der Waals surface area contributed by atoms with E-state index in [2.05, 4.69) is 20.5 Å². The molecule has 0 atom stereocenters. The lowest BCUT2D eigenvalue weighted by Crippen LogP contribution is -1.92. The molecule has 4 nitrogen and oxygen atoms in total. The molecule has 100 valence electrons. The summed E-state index contributed by atoms with van der Waals surface area (Å²) in [4.78, 5) is 4.19. The highest BCUT2D eigenvalue weighted by atomic mass is 19.1. The molecule has 0 aliphatic carbocycles. The molecule has 1 aromatic carbocycles. The van der Waals surface area contributed by atoms with Gasteiger partial charge in [-0.2, -0.15) is 5.10 Å². The van der Waals surface area contributed by atoms with Crippen LogP contribution in [0, 0.1) is 5.82 Å². The molecule has 0 saturated carbocycles. The second-order valence-electron chi connectivity index (χ2n) is 4.35. The molecule has 0 saturated heterocycles. The Morgan fingerprint density at radius 2 is 1.90 bits per heavy atom. The van der Waals surface area contributed by atoms with Crippen LogP contribution in [-0.4, -0.2) is 22.2 Å². The molecule has 0 spiro atoms. The van der Waals surface area contributed by atoms with Gasteiger partial charge in [0.2, 0.25) is 0 Å². The van der Waals surface area contributed by atoms with E-state index >= 15 is 0 Å². The predicted molar refractivity (Wildman–Crippen MR) is 76.8 cm³/mol. The third kappa shape index (κ3) is 2.25. The van der Waals surface area contributed by atoms with Gasteiger partial charge in [-0.25, -0.2) is 9.37 Å². The summed E-state index contributed by atoms with van der Waals surface area (Å²) in [5.41, 5.74) is 3.70. The Morgan fingerprint density at radius 1 is 1.10 bits per heavy atom. The van der Waals surface area contributed by atoms with Crippen LogP contribution in [0.2, 0.25) is 0 Å². The number of halogens is 1. The van der Waals surface area contributed by atoms with Crippen molar-refractivity contribution in [2.45, 2.75) is 0 Å². The maximum atomic E-state index is 13.0. The van der Waals surface area contributed by atoms with E-state index in [1.54, 1.807) is 24.5 Å². The molecule has 0 aliphatic heterocycles. The standard InChI is InChI=1S/C15H13FN4/c1-17-14-8-11(6-7-18-14)13-9-19-20-15(13)10-2-4-12(16)5-3-10/h2-9H,1H3,(H,17,18)(H,19,20). The number of aromatic nitrogens is 3. The number of hydrogen-bond acceptors (Lipinski definition) is 3. The fourth-order valence-electron chi connectivity index (χ4n) is 2.08. The second kappa shape index (κ2) is 5.13. The number of benzene rings is 1. The van der Waals surface area contributed by atoms with Crippen LogP contribution in [0.5, 0.6) is 0 Å². The second-order valence-corrected chi connectivity index (χ2v) is 4.35. The summed E-state index contributed by atoms with van der Waals surface area (Å²) in [7, 11) is 1.82. The van der Waals surface area contributed by atoms with Crippen molar-refractivity contribution in [3.8, 4) is 22.4 Å². The van der Waals surface area contributed by atoms with Crippen molar-refractivity contribution >= 4 is 5.82 Å². The lowest BCUT2D eigenvalue weighted by Gasteiger charge is -2.05. The minimum absolute atomic E-state index is 0.254. The van der Waals surface area contributed by atoms with E-state index in [1.807, 2.05) is 19.2 Å². The van der Waals surface area contributed by atoms with Gasteiger partial charge in [0.05, 0.1) is 11.9 Å². The smallest absolute Gasteiger partial charge is 0.126 e. The molecule has 5 heteroatoms. The maximum absolute atomic E-state index is 13.0. The van der Waals surface area contributed by atoms with Gasteiger partial charge in [0.1, 0.15) is 11.6 Å². The minimum Gasteiger partial charge on any atom is -0.373 e. The normalized spacial score (nSPS) is 10.5. The zero-order valence-electron chi connectivity index (χ0n) is 10.9. The van der Waals surface area contributed by atoms with E-state index in [0.29, 0.717) is 0 Å². The van der Waals surface area contributed by atoms with Crippen LogP contribution in [0.25, 0.3) is 22.4 Å².